The average molecular weight is 317 g/mol. The van der Waals surface area contributed by atoms with Crippen molar-refractivity contribution < 1.29 is 9.21 Å². The normalized spacial score (nSPS) is 17.3. The van der Waals surface area contributed by atoms with Gasteiger partial charge in [0.1, 0.15) is 11.5 Å². The summed E-state index contributed by atoms with van der Waals surface area (Å²) in [6.07, 6.45) is 1.47. The van der Waals surface area contributed by atoms with Crippen molar-refractivity contribution in [2.24, 2.45) is 5.41 Å². The molecule has 1 fully saturated rings. The Balaban J connectivity index is 2.06. The summed E-state index contributed by atoms with van der Waals surface area (Å²) in [5, 5.41) is 9.20. The second kappa shape index (κ2) is 7.18. The number of hydrogen-bond acceptors (Lipinski definition) is 4. The maximum Gasteiger partial charge on any atom is 0.257 e. The smallest absolute Gasteiger partial charge is 0.257 e. The maximum absolute atomic E-state index is 12.7. The molecular weight excluding hydrogens is 290 g/mol. The van der Waals surface area contributed by atoms with E-state index in [-0.39, 0.29) is 11.3 Å². The van der Waals surface area contributed by atoms with E-state index < -0.39 is 0 Å². The van der Waals surface area contributed by atoms with E-state index >= 15 is 0 Å². The Hall–Kier alpha value is -1.80. The molecule has 0 atom stereocenters. The summed E-state index contributed by atoms with van der Waals surface area (Å²) in [7, 11) is 0. The largest absolute Gasteiger partial charge is 0.464 e. The molecular formula is C18H27N3O2. The molecule has 1 amide bonds. The zero-order chi connectivity index (χ0) is 17.0. The first-order chi connectivity index (χ1) is 10.9. The summed E-state index contributed by atoms with van der Waals surface area (Å²) >= 11 is 0. The molecule has 0 unspecified atom stereocenters. The van der Waals surface area contributed by atoms with Gasteiger partial charge in [0, 0.05) is 13.1 Å². The molecule has 126 valence electrons. The number of nitriles is 1. The molecule has 1 saturated heterocycles. The van der Waals surface area contributed by atoms with Crippen molar-refractivity contribution in [2.75, 3.05) is 26.2 Å². The number of nitrogens with zero attached hydrogens (tertiary/aromatic N) is 3. The van der Waals surface area contributed by atoms with Gasteiger partial charge < -0.3 is 9.32 Å². The Labute approximate surface area is 138 Å². The number of hydrogen-bond donors (Lipinski definition) is 0. The molecule has 0 aromatic carbocycles. The Bertz CT molecular complexity index is 588. The third-order valence-corrected chi connectivity index (χ3v) is 4.90. The summed E-state index contributed by atoms with van der Waals surface area (Å²) in [6.45, 7) is 12.0. The van der Waals surface area contributed by atoms with Crippen molar-refractivity contribution in [3.63, 3.8) is 0 Å². The van der Waals surface area contributed by atoms with Crippen LogP contribution in [0.1, 0.15) is 55.5 Å². The Morgan fingerprint density at radius 2 is 2.00 bits per heavy atom. The van der Waals surface area contributed by atoms with Crippen LogP contribution in [0.25, 0.3) is 0 Å². The van der Waals surface area contributed by atoms with Crippen LogP contribution in [0.5, 0.6) is 0 Å². The van der Waals surface area contributed by atoms with E-state index in [1.807, 2.05) is 24.8 Å². The van der Waals surface area contributed by atoms with Crippen LogP contribution >= 0.6 is 0 Å². The zero-order valence-corrected chi connectivity index (χ0v) is 14.7. The number of likely N-dealkylation sites (tertiary alicyclic amines) is 1. The van der Waals surface area contributed by atoms with E-state index in [0.29, 0.717) is 24.4 Å². The van der Waals surface area contributed by atoms with Gasteiger partial charge in [-0.05, 0) is 45.8 Å². The fourth-order valence-electron chi connectivity index (χ4n) is 2.99. The number of amides is 1. The molecule has 1 aromatic heterocycles. The van der Waals surface area contributed by atoms with Crippen LogP contribution < -0.4 is 0 Å². The number of carbonyl (C=O) groups is 1. The average Bonchev–Trinajstić information content (AvgIpc) is 2.93. The molecule has 2 rings (SSSR count). The second-order valence-electron chi connectivity index (χ2n) is 6.61. The van der Waals surface area contributed by atoms with Gasteiger partial charge in [-0.2, -0.15) is 5.26 Å². The molecule has 0 saturated carbocycles. The number of aryl methyl sites for hydroxylation is 1. The van der Waals surface area contributed by atoms with E-state index in [1.54, 1.807) is 0 Å². The summed E-state index contributed by atoms with van der Waals surface area (Å²) < 4.78 is 5.78. The van der Waals surface area contributed by atoms with E-state index in [4.69, 9.17) is 4.42 Å². The third-order valence-electron chi connectivity index (χ3n) is 4.90. The zero-order valence-electron chi connectivity index (χ0n) is 14.7. The molecule has 1 aliphatic rings. The molecule has 0 bridgehead atoms. The molecule has 0 N–H and O–H groups in total. The van der Waals surface area contributed by atoms with Gasteiger partial charge in [-0.25, -0.2) is 0 Å². The lowest BCUT2D eigenvalue weighted by Crippen LogP contribution is -2.41. The monoisotopic (exact) mass is 317 g/mol. The van der Waals surface area contributed by atoms with Crippen LogP contribution in [0, 0.1) is 23.7 Å². The quantitative estimate of drug-likeness (QED) is 0.837. The van der Waals surface area contributed by atoms with Gasteiger partial charge in [-0.1, -0.05) is 13.8 Å². The van der Waals surface area contributed by atoms with Gasteiger partial charge in [0.25, 0.3) is 5.91 Å². The molecule has 23 heavy (non-hydrogen) atoms. The lowest BCUT2D eigenvalue weighted by atomic mass is 9.82. The van der Waals surface area contributed by atoms with Crippen molar-refractivity contribution in [1.29, 1.82) is 5.26 Å². The van der Waals surface area contributed by atoms with Crippen molar-refractivity contribution in [3.05, 3.63) is 23.2 Å². The van der Waals surface area contributed by atoms with E-state index in [0.717, 1.165) is 38.2 Å². The molecule has 0 spiro atoms. The maximum atomic E-state index is 12.7. The van der Waals surface area contributed by atoms with Crippen molar-refractivity contribution >= 4 is 5.91 Å². The van der Waals surface area contributed by atoms with Gasteiger partial charge in [0.05, 0.1) is 23.6 Å². The summed E-state index contributed by atoms with van der Waals surface area (Å²) in [4.78, 5) is 16.8. The van der Waals surface area contributed by atoms with Crippen LogP contribution in [0.3, 0.4) is 0 Å². The van der Waals surface area contributed by atoms with E-state index in [1.165, 1.54) is 0 Å². The first kappa shape index (κ1) is 17.6. The lowest BCUT2D eigenvalue weighted by Gasteiger charge is -2.34. The first-order valence-corrected chi connectivity index (χ1v) is 8.44. The Morgan fingerprint density at radius 1 is 1.39 bits per heavy atom. The Morgan fingerprint density at radius 3 is 2.52 bits per heavy atom. The SMILES string of the molecule is CCN(CC)Cc1cc(C(=O)N2CCC(C)(C#N)CC2)c(C)o1. The predicted molar refractivity (Wildman–Crippen MR) is 88.9 cm³/mol. The minimum absolute atomic E-state index is 0.0250. The van der Waals surface area contributed by atoms with Crippen LogP contribution in [-0.4, -0.2) is 41.9 Å². The molecule has 1 aliphatic heterocycles. The fraction of sp³-hybridized carbons (Fsp3) is 0.667. The van der Waals surface area contributed by atoms with Gasteiger partial charge >= 0.3 is 0 Å². The predicted octanol–water partition coefficient (Wildman–Crippen LogP) is 3.20. The van der Waals surface area contributed by atoms with Crippen molar-refractivity contribution in [2.45, 2.75) is 47.1 Å². The van der Waals surface area contributed by atoms with Gasteiger partial charge in [0.2, 0.25) is 0 Å². The highest BCUT2D eigenvalue weighted by Gasteiger charge is 2.33. The minimum Gasteiger partial charge on any atom is -0.464 e. The molecule has 5 nitrogen and oxygen atoms in total. The summed E-state index contributed by atoms with van der Waals surface area (Å²) in [5.74, 6) is 1.55. The van der Waals surface area contributed by atoms with Crippen LogP contribution in [0.2, 0.25) is 0 Å². The van der Waals surface area contributed by atoms with Crippen molar-refractivity contribution in [1.82, 2.24) is 9.80 Å². The molecule has 0 aliphatic carbocycles. The van der Waals surface area contributed by atoms with Gasteiger partial charge in [-0.3, -0.25) is 9.69 Å². The highest BCUT2D eigenvalue weighted by Crippen LogP contribution is 2.31. The standard InChI is InChI=1S/C18H27N3O2/c1-5-20(6-2)12-15-11-16(14(3)23-15)17(22)21-9-7-18(4,13-19)8-10-21/h11H,5-10,12H2,1-4H3. The van der Waals surface area contributed by atoms with Gasteiger partial charge in [-0.15, -0.1) is 0 Å². The van der Waals surface area contributed by atoms with Crippen LogP contribution in [-0.2, 0) is 6.54 Å². The van der Waals surface area contributed by atoms with Gasteiger partial charge in [0.15, 0.2) is 0 Å². The highest BCUT2D eigenvalue weighted by atomic mass is 16.3. The lowest BCUT2D eigenvalue weighted by molar-refractivity contribution is 0.0660. The van der Waals surface area contributed by atoms with Crippen LogP contribution in [0.15, 0.2) is 10.5 Å². The van der Waals surface area contributed by atoms with Crippen LogP contribution in [0.4, 0.5) is 0 Å². The number of carbonyl (C=O) groups excluding carboxylic acids is 1. The Kier molecular flexibility index (Phi) is 5.48. The van der Waals surface area contributed by atoms with E-state index in [9.17, 15) is 10.1 Å². The topological polar surface area (TPSA) is 60.5 Å². The second-order valence-corrected chi connectivity index (χ2v) is 6.61. The number of furan rings is 1. The fourth-order valence-corrected chi connectivity index (χ4v) is 2.99. The number of piperidine rings is 1. The third kappa shape index (κ3) is 3.94. The molecule has 5 heteroatoms. The van der Waals surface area contributed by atoms with Crippen molar-refractivity contribution in [3.8, 4) is 6.07 Å². The first-order valence-electron chi connectivity index (χ1n) is 8.44. The molecule has 2 heterocycles. The number of rotatable bonds is 5. The summed E-state index contributed by atoms with van der Waals surface area (Å²) in [6, 6.07) is 4.25. The highest BCUT2D eigenvalue weighted by molar-refractivity contribution is 5.95. The molecule has 1 aromatic rings. The van der Waals surface area contributed by atoms with E-state index in [2.05, 4.69) is 24.8 Å². The summed E-state index contributed by atoms with van der Waals surface area (Å²) in [5.41, 5.74) is 0.364. The molecule has 0 radical (unpaired) electrons. The minimum atomic E-state index is -0.296.